The second-order valence-electron chi connectivity index (χ2n) is 5.43. The zero-order chi connectivity index (χ0) is 16.0. The molecule has 5 heteroatoms. The van der Waals surface area contributed by atoms with Gasteiger partial charge in [0.15, 0.2) is 0 Å². The second-order valence-corrected chi connectivity index (χ2v) is 5.43. The molecule has 0 aliphatic rings. The zero-order valence-electron chi connectivity index (χ0n) is 13.4. The Labute approximate surface area is 143 Å². The number of carbonyl (C=O) groups excluding carboxylic acids is 1. The fourth-order valence-corrected chi connectivity index (χ4v) is 2.25. The van der Waals surface area contributed by atoms with E-state index in [-0.39, 0.29) is 18.3 Å². The number of benzene rings is 2. The highest BCUT2D eigenvalue weighted by Crippen LogP contribution is 2.17. The number of halogens is 1. The molecule has 0 heterocycles. The minimum absolute atomic E-state index is 0. The Balaban J connectivity index is 0.00000264. The lowest BCUT2D eigenvalue weighted by atomic mass is 9.92. The van der Waals surface area contributed by atoms with E-state index in [1.807, 2.05) is 54.6 Å². The highest BCUT2D eigenvalue weighted by atomic mass is 35.5. The highest BCUT2D eigenvalue weighted by Gasteiger charge is 2.29. The molecule has 1 amide bonds. The first kappa shape index (κ1) is 19.0. The van der Waals surface area contributed by atoms with Gasteiger partial charge in [-0.25, -0.2) is 0 Å². The molecule has 0 fully saturated rings. The summed E-state index contributed by atoms with van der Waals surface area (Å²) in [4.78, 5) is 12.3. The molecule has 1 unspecified atom stereocenters. The van der Waals surface area contributed by atoms with E-state index in [1.165, 1.54) is 0 Å². The number of ether oxygens (including phenoxy) is 1. The SMILES string of the molecule is COc1cccc(CCNC(=O)C(C)(N)c2ccccc2)c1.Cl. The lowest BCUT2D eigenvalue weighted by molar-refractivity contribution is -0.126. The summed E-state index contributed by atoms with van der Waals surface area (Å²) in [6.07, 6.45) is 0.730. The first-order valence-corrected chi connectivity index (χ1v) is 7.29. The summed E-state index contributed by atoms with van der Waals surface area (Å²) in [6, 6.07) is 17.2. The van der Waals surface area contributed by atoms with Gasteiger partial charge in [0, 0.05) is 6.54 Å². The summed E-state index contributed by atoms with van der Waals surface area (Å²) in [6.45, 7) is 2.26. The summed E-state index contributed by atoms with van der Waals surface area (Å²) in [7, 11) is 1.64. The maximum Gasteiger partial charge on any atom is 0.244 e. The van der Waals surface area contributed by atoms with Crippen LogP contribution in [0, 0.1) is 0 Å². The predicted molar refractivity (Wildman–Crippen MR) is 94.9 cm³/mol. The molecule has 0 saturated carbocycles. The van der Waals surface area contributed by atoms with E-state index in [1.54, 1.807) is 14.0 Å². The molecular weight excluding hydrogens is 312 g/mol. The average molecular weight is 335 g/mol. The lowest BCUT2D eigenvalue weighted by Gasteiger charge is -2.24. The van der Waals surface area contributed by atoms with Crippen LogP contribution in [-0.2, 0) is 16.8 Å². The monoisotopic (exact) mass is 334 g/mol. The van der Waals surface area contributed by atoms with Crippen LogP contribution in [0.2, 0.25) is 0 Å². The van der Waals surface area contributed by atoms with Crippen LogP contribution in [0.3, 0.4) is 0 Å². The first-order valence-electron chi connectivity index (χ1n) is 7.29. The Bertz CT molecular complexity index is 630. The van der Waals surface area contributed by atoms with Crippen molar-refractivity contribution in [1.29, 1.82) is 0 Å². The second kappa shape index (κ2) is 8.56. The van der Waals surface area contributed by atoms with Crippen LogP contribution in [0.4, 0.5) is 0 Å². The van der Waals surface area contributed by atoms with Crippen LogP contribution >= 0.6 is 12.4 Å². The van der Waals surface area contributed by atoms with E-state index in [4.69, 9.17) is 10.5 Å². The summed E-state index contributed by atoms with van der Waals surface area (Å²) < 4.78 is 5.19. The Kier molecular flexibility index (Phi) is 7.07. The van der Waals surface area contributed by atoms with E-state index < -0.39 is 5.54 Å². The first-order chi connectivity index (χ1) is 10.5. The van der Waals surface area contributed by atoms with Gasteiger partial charge in [-0.3, -0.25) is 4.79 Å². The highest BCUT2D eigenvalue weighted by molar-refractivity contribution is 5.87. The van der Waals surface area contributed by atoms with Gasteiger partial charge in [-0.05, 0) is 36.6 Å². The van der Waals surface area contributed by atoms with Crippen LogP contribution in [0.5, 0.6) is 5.75 Å². The van der Waals surface area contributed by atoms with Crippen LogP contribution < -0.4 is 15.8 Å². The molecule has 124 valence electrons. The molecule has 23 heavy (non-hydrogen) atoms. The molecule has 0 radical (unpaired) electrons. The van der Waals surface area contributed by atoms with E-state index in [2.05, 4.69) is 5.32 Å². The Morgan fingerprint density at radius 2 is 1.87 bits per heavy atom. The smallest absolute Gasteiger partial charge is 0.244 e. The van der Waals surface area contributed by atoms with Crippen molar-refractivity contribution in [2.24, 2.45) is 5.73 Å². The molecule has 4 nitrogen and oxygen atoms in total. The molecule has 2 rings (SSSR count). The minimum Gasteiger partial charge on any atom is -0.497 e. The predicted octanol–water partition coefficient (Wildman–Crippen LogP) is 2.65. The van der Waals surface area contributed by atoms with Crippen molar-refractivity contribution in [2.45, 2.75) is 18.9 Å². The maximum absolute atomic E-state index is 12.3. The van der Waals surface area contributed by atoms with Gasteiger partial charge in [0.25, 0.3) is 0 Å². The molecule has 2 aromatic carbocycles. The molecule has 0 aromatic heterocycles. The molecular formula is C18H23ClN2O2. The van der Waals surface area contributed by atoms with Gasteiger partial charge < -0.3 is 15.8 Å². The van der Waals surface area contributed by atoms with Crippen LogP contribution in [0.15, 0.2) is 54.6 Å². The number of nitrogens with one attached hydrogen (secondary N) is 1. The number of carbonyl (C=O) groups is 1. The summed E-state index contributed by atoms with van der Waals surface area (Å²) in [5.74, 6) is 0.637. The van der Waals surface area contributed by atoms with Gasteiger partial charge >= 0.3 is 0 Å². The molecule has 2 aromatic rings. The topological polar surface area (TPSA) is 64.3 Å². The van der Waals surface area contributed by atoms with Crippen LogP contribution in [-0.4, -0.2) is 19.6 Å². The summed E-state index contributed by atoms with van der Waals surface area (Å²) in [5.41, 5.74) is 7.05. The van der Waals surface area contributed by atoms with E-state index in [9.17, 15) is 4.79 Å². The third kappa shape index (κ3) is 4.98. The third-order valence-electron chi connectivity index (χ3n) is 3.68. The van der Waals surface area contributed by atoms with Crippen molar-refractivity contribution >= 4 is 18.3 Å². The van der Waals surface area contributed by atoms with Crippen molar-refractivity contribution in [2.75, 3.05) is 13.7 Å². The van der Waals surface area contributed by atoms with Crippen LogP contribution in [0.25, 0.3) is 0 Å². The molecule has 0 aliphatic heterocycles. The number of amides is 1. The van der Waals surface area contributed by atoms with Gasteiger partial charge in [0.05, 0.1) is 7.11 Å². The van der Waals surface area contributed by atoms with Crippen molar-refractivity contribution in [1.82, 2.24) is 5.32 Å². The molecule has 1 atom stereocenters. The number of hydrogen-bond acceptors (Lipinski definition) is 3. The minimum atomic E-state index is -1.03. The van der Waals surface area contributed by atoms with Crippen molar-refractivity contribution in [3.8, 4) is 5.75 Å². The van der Waals surface area contributed by atoms with Crippen molar-refractivity contribution in [3.63, 3.8) is 0 Å². The number of methoxy groups -OCH3 is 1. The van der Waals surface area contributed by atoms with Crippen molar-refractivity contribution in [3.05, 3.63) is 65.7 Å². The standard InChI is InChI=1S/C18H22N2O2.ClH/c1-18(19,15-8-4-3-5-9-15)17(21)20-12-11-14-7-6-10-16(13-14)22-2;/h3-10,13H,11-12,19H2,1-2H3,(H,20,21);1H. The van der Waals surface area contributed by atoms with E-state index >= 15 is 0 Å². The molecule has 0 spiro atoms. The number of hydrogen-bond donors (Lipinski definition) is 2. The largest absolute Gasteiger partial charge is 0.497 e. The van der Waals surface area contributed by atoms with Gasteiger partial charge in [-0.1, -0.05) is 42.5 Å². The fourth-order valence-electron chi connectivity index (χ4n) is 2.25. The summed E-state index contributed by atoms with van der Waals surface area (Å²) in [5, 5.41) is 2.90. The van der Waals surface area contributed by atoms with E-state index in [0.717, 1.165) is 23.3 Å². The number of rotatable bonds is 6. The Morgan fingerprint density at radius 1 is 1.17 bits per heavy atom. The maximum atomic E-state index is 12.3. The van der Waals surface area contributed by atoms with Gasteiger partial charge in [0.1, 0.15) is 11.3 Å². The molecule has 0 saturated heterocycles. The summed E-state index contributed by atoms with van der Waals surface area (Å²) >= 11 is 0. The molecule has 0 bridgehead atoms. The molecule has 0 aliphatic carbocycles. The van der Waals surface area contributed by atoms with E-state index in [0.29, 0.717) is 6.54 Å². The quantitative estimate of drug-likeness (QED) is 0.853. The zero-order valence-corrected chi connectivity index (χ0v) is 14.2. The normalized spacial score (nSPS) is 12.7. The third-order valence-corrected chi connectivity index (χ3v) is 3.68. The van der Waals surface area contributed by atoms with Gasteiger partial charge in [-0.2, -0.15) is 0 Å². The lowest BCUT2D eigenvalue weighted by Crippen LogP contribution is -2.49. The van der Waals surface area contributed by atoms with Gasteiger partial charge in [0.2, 0.25) is 5.91 Å². The van der Waals surface area contributed by atoms with Crippen LogP contribution in [0.1, 0.15) is 18.1 Å². The fraction of sp³-hybridized carbons (Fsp3) is 0.278. The average Bonchev–Trinajstić information content (AvgIpc) is 2.55. The Hall–Kier alpha value is -2.04. The van der Waals surface area contributed by atoms with Gasteiger partial charge in [-0.15, -0.1) is 12.4 Å². The Morgan fingerprint density at radius 3 is 2.52 bits per heavy atom. The van der Waals surface area contributed by atoms with Crippen molar-refractivity contribution < 1.29 is 9.53 Å². The number of nitrogens with two attached hydrogens (primary N) is 1. The molecule has 3 N–H and O–H groups in total.